The van der Waals surface area contributed by atoms with E-state index in [9.17, 15) is 9.59 Å². The molecule has 4 atom stereocenters. The summed E-state index contributed by atoms with van der Waals surface area (Å²) in [5.74, 6) is 1.04. The van der Waals surface area contributed by atoms with Gasteiger partial charge >= 0.3 is 0 Å². The quantitative estimate of drug-likeness (QED) is 0.349. The van der Waals surface area contributed by atoms with Crippen molar-refractivity contribution in [3.8, 4) is 11.1 Å². The van der Waals surface area contributed by atoms with E-state index in [0.717, 1.165) is 73.3 Å². The number of allylic oxidation sites excluding steroid dienone is 1. The van der Waals surface area contributed by atoms with Crippen LogP contribution in [0.3, 0.4) is 0 Å². The molecule has 7 rings (SSSR count). The molecule has 2 bridgehead atoms. The fourth-order valence-corrected chi connectivity index (χ4v) is 7.68. The van der Waals surface area contributed by atoms with Gasteiger partial charge in [-0.2, -0.15) is 0 Å². The lowest BCUT2D eigenvalue weighted by Gasteiger charge is -2.34. The molecule has 6 nitrogen and oxygen atoms in total. The van der Waals surface area contributed by atoms with Crippen molar-refractivity contribution in [2.45, 2.75) is 83.8 Å². The van der Waals surface area contributed by atoms with Gasteiger partial charge in [0.05, 0.1) is 18.4 Å². The zero-order chi connectivity index (χ0) is 29.7. The number of likely N-dealkylation sites (tertiary alicyclic amines) is 1. The number of hydrogen-bond acceptors (Lipinski definition) is 5. The van der Waals surface area contributed by atoms with Crippen LogP contribution < -0.4 is 5.56 Å². The maximum Gasteiger partial charge on any atom is 0.247 e. The lowest BCUT2D eigenvalue weighted by atomic mass is 9.71. The smallest absolute Gasteiger partial charge is 0.247 e. The molecule has 2 unspecified atom stereocenters. The van der Waals surface area contributed by atoms with Gasteiger partial charge in [-0.25, -0.2) is 0 Å². The Bertz CT molecular complexity index is 1590. The Labute approximate surface area is 254 Å². The summed E-state index contributed by atoms with van der Waals surface area (Å²) in [5, 5.41) is 0. The summed E-state index contributed by atoms with van der Waals surface area (Å²) < 4.78 is 5.83. The van der Waals surface area contributed by atoms with Crippen LogP contribution in [0.15, 0.2) is 59.0 Å². The number of rotatable bonds is 8. The molecule has 0 amide bonds. The predicted molar refractivity (Wildman–Crippen MR) is 170 cm³/mol. The molecule has 1 N–H and O–H groups in total. The van der Waals surface area contributed by atoms with Gasteiger partial charge in [-0.15, -0.1) is 0 Å². The van der Waals surface area contributed by atoms with Crippen LogP contribution in [0.4, 0.5) is 0 Å². The highest BCUT2D eigenvalue weighted by Gasteiger charge is 2.39. The van der Waals surface area contributed by atoms with Crippen LogP contribution in [0.25, 0.3) is 17.2 Å². The topological polar surface area (TPSA) is 75.3 Å². The first kappa shape index (κ1) is 28.4. The third-order valence-corrected chi connectivity index (χ3v) is 10.5. The number of Topliss-reactive ketones (excluding diaryl/α,β-unsaturated/α-hetero) is 1. The maximum atomic E-state index is 13.9. The number of ketones is 1. The first-order valence-electron chi connectivity index (χ1n) is 16.1. The number of carbonyl (C=O) groups excluding carboxylic acids is 1. The van der Waals surface area contributed by atoms with Gasteiger partial charge in [0.1, 0.15) is 0 Å². The summed E-state index contributed by atoms with van der Waals surface area (Å²) in [6.45, 7) is 9.85. The van der Waals surface area contributed by atoms with Crippen LogP contribution >= 0.6 is 0 Å². The number of H-pyrrole nitrogens is 1. The average Bonchev–Trinajstić information content (AvgIpc) is 3.74. The molecule has 2 aromatic heterocycles. The number of ether oxygens (including phenoxy) is 1. The SMILES string of the molecule is CC(C)(C)[C@H]1CCc2nc3c(cc2C1)C=C(C(=O)C[C@H](CCN1CC2CC1CO2)c1ccc(-c2ccc(=O)[nH]c2)cc1)C3. The second-order valence-corrected chi connectivity index (χ2v) is 14.3. The van der Waals surface area contributed by atoms with E-state index in [0.29, 0.717) is 36.3 Å². The van der Waals surface area contributed by atoms with E-state index in [1.165, 1.54) is 23.2 Å². The van der Waals surface area contributed by atoms with Crippen LogP contribution in [-0.2, 0) is 28.8 Å². The summed E-state index contributed by atoms with van der Waals surface area (Å²) in [4.78, 5) is 35.8. The number of aromatic nitrogens is 2. The van der Waals surface area contributed by atoms with Crippen LogP contribution in [0.2, 0.25) is 0 Å². The van der Waals surface area contributed by atoms with E-state index in [2.05, 4.69) is 67.1 Å². The lowest BCUT2D eigenvalue weighted by Crippen LogP contribution is -2.38. The number of hydrogen-bond donors (Lipinski definition) is 1. The normalized spacial score (nSPS) is 23.6. The molecule has 43 heavy (non-hydrogen) atoms. The van der Waals surface area contributed by atoms with E-state index < -0.39 is 0 Å². The van der Waals surface area contributed by atoms with Crippen molar-refractivity contribution in [2.24, 2.45) is 11.3 Å². The Hall–Kier alpha value is -3.35. The first-order chi connectivity index (χ1) is 20.7. The molecule has 3 aromatic rings. The van der Waals surface area contributed by atoms with Crippen molar-refractivity contribution in [3.63, 3.8) is 0 Å². The second kappa shape index (κ2) is 11.3. The molecule has 0 radical (unpaired) electrons. The second-order valence-electron chi connectivity index (χ2n) is 14.3. The van der Waals surface area contributed by atoms with E-state index >= 15 is 0 Å². The number of pyridine rings is 2. The van der Waals surface area contributed by atoms with Crippen LogP contribution in [0.1, 0.15) is 80.5 Å². The van der Waals surface area contributed by atoms with Crippen molar-refractivity contribution in [2.75, 3.05) is 19.7 Å². The Morgan fingerprint density at radius 3 is 2.63 bits per heavy atom. The Kier molecular flexibility index (Phi) is 7.46. The van der Waals surface area contributed by atoms with Gasteiger partial charge in [-0.1, -0.05) is 45.0 Å². The minimum atomic E-state index is -0.104. The molecule has 2 fully saturated rings. The third kappa shape index (κ3) is 5.92. The summed E-state index contributed by atoms with van der Waals surface area (Å²) in [6.07, 6.45) is 10.8. The monoisotopic (exact) mass is 577 g/mol. The van der Waals surface area contributed by atoms with Gasteiger partial charge in [0.15, 0.2) is 5.78 Å². The third-order valence-electron chi connectivity index (χ3n) is 10.5. The summed E-state index contributed by atoms with van der Waals surface area (Å²) in [6, 6.07) is 14.8. The van der Waals surface area contributed by atoms with Crippen LogP contribution in [-0.4, -0.2) is 52.5 Å². The number of aromatic amines is 1. The molecule has 0 spiro atoms. The van der Waals surface area contributed by atoms with Crippen molar-refractivity contribution in [3.05, 3.63) is 92.7 Å². The maximum absolute atomic E-state index is 13.9. The van der Waals surface area contributed by atoms with Crippen LogP contribution in [0.5, 0.6) is 0 Å². The molecule has 2 saturated heterocycles. The van der Waals surface area contributed by atoms with Crippen molar-refractivity contribution in [1.82, 2.24) is 14.9 Å². The number of fused-ring (bicyclic) bond motifs is 4. The fourth-order valence-electron chi connectivity index (χ4n) is 7.68. The largest absolute Gasteiger partial charge is 0.375 e. The number of nitrogens with zero attached hydrogens (tertiary/aromatic N) is 2. The molecule has 224 valence electrons. The van der Waals surface area contributed by atoms with Crippen molar-refractivity contribution in [1.29, 1.82) is 0 Å². The molecule has 4 heterocycles. The standard InChI is InChI=1S/C37H43N3O3/c1-37(2,3)30-9-10-33-28(16-30)14-27-15-29(17-34(27)39-33)35(41)18-25(12-13-40-21-32-19-31(40)22-43-32)23-4-6-24(7-5-23)26-8-11-36(42)38-20-26/h4-8,11,14-15,20,25,30-32H,9-10,12-13,16-19,21-22H2,1-3H3,(H,38,42)/t25-,30-,31?,32?/m0/s1. The molecule has 6 heteroatoms. The van der Waals surface area contributed by atoms with Crippen molar-refractivity contribution >= 4 is 11.9 Å². The zero-order valence-electron chi connectivity index (χ0n) is 25.7. The Morgan fingerprint density at radius 2 is 1.93 bits per heavy atom. The lowest BCUT2D eigenvalue weighted by molar-refractivity contribution is -0.116. The number of nitrogens with one attached hydrogen (secondary N) is 1. The first-order valence-corrected chi connectivity index (χ1v) is 16.1. The summed E-state index contributed by atoms with van der Waals surface area (Å²) >= 11 is 0. The highest BCUT2D eigenvalue weighted by atomic mass is 16.5. The highest BCUT2D eigenvalue weighted by molar-refractivity contribution is 6.02. The van der Waals surface area contributed by atoms with Gasteiger partial charge < -0.3 is 9.72 Å². The van der Waals surface area contributed by atoms with E-state index in [1.807, 2.05) is 6.07 Å². The molecular weight excluding hydrogens is 534 g/mol. The van der Waals surface area contributed by atoms with E-state index in [4.69, 9.17) is 9.72 Å². The van der Waals surface area contributed by atoms with Gasteiger partial charge in [-0.3, -0.25) is 19.5 Å². The predicted octanol–water partition coefficient (Wildman–Crippen LogP) is 6.13. The summed E-state index contributed by atoms with van der Waals surface area (Å²) in [5.41, 5.74) is 9.15. The highest BCUT2D eigenvalue weighted by Crippen LogP contribution is 2.39. The Morgan fingerprint density at radius 1 is 1.12 bits per heavy atom. The van der Waals surface area contributed by atoms with Gasteiger partial charge in [0, 0.05) is 49.0 Å². The van der Waals surface area contributed by atoms with E-state index in [-0.39, 0.29) is 17.3 Å². The molecule has 0 saturated carbocycles. The molecule has 4 aliphatic rings. The molecule has 2 aliphatic heterocycles. The van der Waals surface area contributed by atoms with Crippen LogP contribution in [0, 0.1) is 11.3 Å². The van der Waals surface area contributed by atoms with Gasteiger partial charge in [-0.05, 0) is 102 Å². The number of carbonyl (C=O) groups is 1. The summed E-state index contributed by atoms with van der Waals surface area (Å²) in [7, 11) is 0. The molecular formula is C37H43N3O3. The number of benzene rings is 1. The number of morpholine rings is 1. The number of aryl methyl sites for hydroxylation is 1. The fraction of sp³-hybridized carbons (Fsp3) is 0.486. The Balaban J connectivity index is 1.09. The van der Waals surface area contributed by atoms with Crippen molar-refractivity contribution < 1.29 is 9.53 Å². The molecule has 1 aromatic carbocycles. The molecule has 2 aliphatic carbocycles. The minimum absolute atomic E-state index is 0.104. The zero-order valence-corrected chi connectivity index (χ0v) is 25.7. The average molecular weight is 578 g/mol. The van der Waals surface area contributed by atoms with Gasteiger partial charge in [0.25, 0.3) is 0 Å². The minimum Gasteiger partial charge on any atom is -0.375 e. The van der Waals surface area contributed by atoms with E-state index in [1.54, 1.807) is 12.3 Å². The van der Waals surface area contributed by atoms with Gasteiger partial charge in [0.2, 0.25) is 5.56 Å².